The first-order valence-electron chi connectivity index (χ1n) is 5.34. The summed E-state index contributed by atoms with van der Waals surface area (Å²) in [5, 5.41) is 0.333. The summed E-state index contributed by atoms with van der Waals surface area (Å²) in [4.78, 5) is 0. The maximum absolute atomic E-state index is 13.2. The van der Waals surface area contributed by atoms with Crippen LogP contribution in [0.4, 0.5) is 4.39 Å². The first kappa shape index (κ1) is 13.9. The molecule has 0 fully saturated rings. The lowest BCUT2D eigenvalue weighted by molar-refractivity contribution is 0.620. The van der Waals surface area contributed by atoms with Gasteiger partial charge in [0.1, 0.15) is 5.82 Å². The van der Waals surface area contributed by atoms with Gasteiger partial charge in [-0.3, -0.25) is 0 Å². The van der Waals surface area contributed by atoms with Crippen molar-refractivity contribution in [3.8, 4) is 0 Å². The topological polar surface area (TPSA) is 0 Å². The van der Waals surface area contributed by atoms with Crippen molar-refractivity contribution in [3.63, 3.8) is 0 Å². The number of aryl methyl sites for hydroxylation is 1. The van der Waals surface area contributed by atoms with Gasteiger partial charge in [-0.2, -0.15) is 0 Å². The van der Waals surface area contributed by atoms with Crippen LogP contribution in [0.25, 0.3) is 0 Å². The lowest BCUT2D eigenvalue weighted by Gasteiger charge is -2.12. The first-order valence-corrected chi connectivity index (χ1v) is 6.95. The van der Waals surface area contributed by atoms with E-state index in [4.69, 9.17) is 23.2 Å². The highest BCUT2D eigenvalue weighted by Gasteiger charge is 2.13. The molecule has 0 nitrogen and oxygen atoms in total. The molecule has 18 heavy (non-hydrogen) atoms. The van der Waals surface area contributed by atoms with E-state index in [1.807, 2.05) is 25.1 Å². The number of alkyl halides is 1. The van der Waals surface area contributed by atoms with Crippen LogP contribution in [0.1, 0.15) is 22.1 Å². The van der Waals surface area contributed by atoms with Gasteiger partial charge in [-0.1, -0.05) is 29.8 Å². The molecule has 2 aromatic carbocycles. The van der Waals surface area contributed by atoms with E-state index in [2.05, 4.69) is 15.9 Å². The molecule has 4 heteroatoms. The molecular weight excluding hydrogens is 338 g/mol. The van der Waals surface area contributed by atoms with E-state index < -0.39 is 0 Å². The van der Waals surface area contributed by atoms with E-state index in [1.54, 1.807) is 12.1 Å². The summed E-state index contributed by atoms with van der Waals surface area (Å²) in [6, 6.07) is 10.4. The molecule has 0 amide bonds. The predicted octanol–water partition coefficient (Wildman–Crippen LogP) is 5.88. The number of hydrogen-bond donors (Lipinski definition) is 0. The minimum Gasteiger partial charge on any atom is -0.206 e. The highest BCUT2D eigenvalue weighted by Crippen LogP contribution is 2.33. The molecule has 0 heterocycles. The summed E-state index contributed by atoms with van der Waals surface area (Å²) in [7, 11) is 0. The Kier molecular flexibility index (Phi) is 4.31. The molecule has 0 bridgehead atoms. The van der Waals surface area contributed by atoms with E-state index in [0.717, 1.165) is 16.7 Å². The van der Waals surface area contributed by atoms with E-state index in [0.29, 0.717) is 9.50 Å². The molecule has 2 aromatic rings. The van der Waals surface area contributed by atoms with Crippen LogP contribution in [-0.2, 0) is 0 Å². The third-order valence-electron chi connectivity index (χ3n) is 2.72. The van der Waals surface area contributed by atoms with Gasteiger partial charge in [-0.25, -0.2) is 4.39 Å². The molecule has 0 aromatic heterocycles. The van der Waals surface area contributed by atoms with Crippen molar-refractivity contribution in [2.75, 3.05) is 0 Å². The van der Waals surface area contributed by atoms with Gasteiger partial charge in [0.2, 0.25) is 0 Å². The summed E-state index contributed by atoms with van der Waals surface area (Å²) in [5.74, 6) is -0.301. The fourth-order valence-corrected chi connectivity index (χ4v) is 2.49. The van der Waals surface area contributed by atoms with Crippen molar-refractivity contribution in [1.29, 1.82) is 0 Å². The summed E-state index contributed by atoms with van der Waals surface area (Å²) in [5.41, 5.74) is 2.72. The lowest BCUT2D eigenvalue weighted by Crippen LogP contribution is -1.95. The summed E-state index contributed by atoms with van der Waals surface area (Å²) in [6.07, 6.45) is 0. The number of benzene rings is 2. The monoisotopic (exact) mass is 346 g/mol. The van der Waals surface area contributed by atoms with Gasteiger partial charge in [0.05, 0.1) is 9.85 Å². The maximum atomic E-state index is 13.2. The Bertz CT molecular complexity index is 533. The van der Waals surface area contributed by atoms with Crippen LogP contribution in [0.15, 0.2) is 40.9 Å². The maximum Gasteiger partial charge on any atom is 0.137 e. The molecular formula is C14H10BrCl2F. The van der Waals surface area contributed by atoms with Crippen LogP contribution in [0.3, 0.4) is 0 Å². The molecule has 0 aliphatic rings. The standard InChI is InChI=1S/C14H10BrCl2F/c1-8-2-3-10(7-12(8)16)14(17)9-4-5-13(18)11(15)6-9/h2-7,14H,1H3. The molecule has 0 radical (unpaired) electrons. The zero-order valence-electron chi connectivity index (χ0n) is 9.55. The van der Waals surface area contributed by atoms with Crippen molar-refractivity contribution in [3.05, 3.63) is 68.4 Å². The third kappa shape index (κ3) is 2.87. The second-order valence-electron chi connectivity index (χ2n) is 4.04. The zero-order chi connectivity index (χ0) is 13.3. The Balaban J connectivity index is 2.37. The molecule has 2 rings (SSSR count). The molecule has 0 spiro atoms. The smallest absolute Gasteiger partial charge is 0.137 e. The molecule has 1 unspecified atom stereocenters. The van der Waals surface area contributed by atoms with Crippen LogP contribution >= 0.6 is 39.1 Å². The Morgan fingerprint density at radius 2 is 1.72 bits per heavy atom. The molecule has 1 atom stereocenters. The normalized spacial score (nSPS) is 12.5. The molecule has 0 saturated heterocycles. The van der Waals surface area contributed by atoms with Crippen molar-refractivity contribution in [2.24, 2.45) is 0 Å². The number of rotatable bonds is 2. The molecule has 0 saturated carbocycles. The van der Waals surface area contributed by atoms with Gasteiger partial charge in [-0.15, -0.1) is 11.6 Å². The van der Waals surface area contributed by atoms with Crippen LogP contribution < -0.4 is 0 Å². The Labute approximate surface area is 124 Å². The quantitative estimate of drug-likeness (QED) is 0.595. The average molecular weight is 348 g/mol. The summed E-state index contributed by atoms with van der Waals surface area (Å²) < 4.78 is 13.6. The van der Waals surface area contributed by atoms with Crippen molar-refractivity contribution in [2.45, 2.75) is 12.3 Å². The SMILES string of the molecule is Cc1ccc(C(Cl)c2ccc(F)c(Br)c2)cc1Cl. The van der Waals surface area contributed by atoms with Crippen LogP contribution in [-0.4, -0.2) is 0 Å². The van der Waals surface area contributed by atoms with E-state index in [1.165, 1.54) is 6.07 Å². The van der Waals surface area contributed by atoms with Crippen molar-refractivity contribution >= 4 is 39.1 Å². The molecule has 0 aliphatic carbocycles. The van der Waals surface area contributed by atoms with E-state index in [9.17, 15) is 4.39 Å². The van der Waals surface area contributed by atoms with Gasteiger partial charge in [-0.05, 0) is 57.7 Å². The first-order chi connectivity index (χ1) is 8.49. The second kappa shape index (κ2) is 5.60. The van der Waals surface area contributed by atoms with Gasteiger partial charge in [0, 0.05) is 5.02 Å². The Morgan fingerprint density at radius 3 is 2.33 bits per heavy atom. The Morgan fingerprint density at radius 1 is 1.11 bits per heavy atom. The van der Waals surface area contributed by atoms with E-state index >= 15 is 0 Å². The van der Waals surface area contributed by atoms with Gasteiger partial charge >= 0.3 is 0 Å². The van der Waals surface area contributed by atoms with E-state index in [-0.39, 0.29) is 11.2 Å². The average Bonchev–Trinajstić information content (AvgIpc) is 2.35. The minimum absolute atomic E-state index is 0.301. The fourth-order valence-electron chi connectivity index (χ4n) is 1.63. The highest BCUT2D eigenvalue weighted by molar-refractivity contribution is 9.10. The van der Waals surface area contributed by atoms with Crippen LogP contribution in [0.5, 0.6) is 0 Å². The van der Waals surface area contributed by atoms with Crippen LogP contribution in [0, 0.1) is 12.7 Å². The minimum atomic E-state index is -0.347. The predicted molar refractivity (Wildman–Crippen MR) is 78.0 cm³/mol. The molecule has 0 aliphatic heterocycles. The Hall–Kier alpha value is -0.570. The lowest BCUT2D eigenvalue weighted by atomic mass is 10.0. The summed E-state index contributed by atoms with van der Waals surface area (Å²) >= 11 is 15.6. The number of hydrogen-bond acceptors (Lipinski definition) is 0. The van der Waals surface area contributed by atoms with Crippen molar-refractivity contribution < 1.29 is 4.39 Å². The third-order valence-corrected chi connectivity index (χ3v) is 4.24. The van der Waals surface area contributed by atoms with Gasteiger partial charge in [0.25, 0.3) is 0 Å². The van der Waals surface area contributed by atoms with Gasteiger partial charge < -0.3 is 0 Å². The zero-order valence-corrected chi connectivity index (χ0v) is 12.7. The number of halogens is 4. The van der Waals surface area contributed by atoms with Gasteiger partial charge in [0.15, 0.2) is 0 Å². The second-order valence-corrected chi connectivity index (χ2v) is 5.74. The molecule has 0 N–H and O–H groups in total. The van der Waals surface area contributed by atoms with Crippen molar-refractivity contribution in [1.82, 2.24) is 0 Å². The van der Waals surface area contributed by atoms with Crippen LogP contribution in [0.2, 0.25) is 5.02 Å². The summed E-state index contributed by atoms with van der Waals surface area (Å²) in [6.45, 7) is 1.93. The fraction of sp³-hybridized carbons (Fsp3) is 0.143. The largest absolute Gasteiger partial charge is 0.206 e. The molecule has 94 valence electrons. The highest BCUT2D eigenvalue weighted by atomic mass is 79.9.